The maximum atomic E-state index is 12.4. The predicted molar refractivity (Wildman–Crippen MR) is 108 cm³/mol. The van der Waals surface area contributed by atoms with Crippen LogP contribution in [0.2, 0.25) is 0 Å². The average molecular weight is 383 g/mol. The molecule has 26 heavy (non-hydrogen) atoms. The van der Waals surface area contributed by atoms with E-state index in [2.05, 4.69) is 40.1 Å². The molecule has 0 bridgehead atoms. The Labute approximate surface area is 159 Å². The van der Waals surface area contributed by atoms with Crippen molar-refractivity contribution < 1.29 is 0 Å². The second-order valence-electron chi connectivity index (χ2n) is 6.18. The Morgan fingerprint density at radius 2 is 2.12 bits per heavy atom. The molecule has 4 rings (SSSR count). The lowest BCUT2D eigenvalue weighted by Gasteiger charge is -2.08. The van der Waals surface area contributed by atoms with Gasteiger partial charge in [-0.2, -0.15) is 0 Å². The van der Waals surface area contributed by atoms with Gasteiger partial charge in [-0.15, -0.1) is 11.3 Å². The molecule has 0 aliphatic rings. The number of benzene rings is 1. The molecule has 0 saturated heterocycles. The van der Waals surface area contributed by atoms with Crippen molar-refractivity contribution in [3.63, 3.8) is 0 Å². The summed E-state index contributed by atoms with van der Waals surface area (Å²) >= 11 is 3.13. The number of thioether (sulfide) groups is 1. The number of rotatable bonds is 4. The third-order valence-corrected chi connectivity index (χ3v) is 6.39. The number of imidazole rings is 1. The zero-order valence-corrected chi connectivity index (χ0v) is 16.4. The van der Waals surface area contributed by atoms with Crippen molar-refractivity contribution in [2.24, 2.45) is 0 Å². The van der Waals surface area contributed by atoms with Gasteiger partial charge in [-0.25, -0.2) is 9.97 Å². The number of aromatic nitrogens is 4. The number of hydrogen-bond donors (Lipinski definition) is 1. The van der Waals surface area contributed by atoms with E-state index in [1.807, 2.05) is 30.7 Å². The average Bonchev–Trinajstić information content (AvgIpc) is 3.18. The smallest absolute Gasteiger partial charge is 0.259 e. The van der Waals surface area contributed by atoms with Gasteiger partial charge in [0.2, 0.25) is 0 Å². The molecule has 0 amide bonds. The second-order valence-corrected chi connectivity index (χ2v) is 8.33. The summed E-state index contributed by atoms with van der Waals surface area (Å²) in [6, 6.07) is 8.28. The molecule has 0 aliphatic heterocycles. The maximum absolute atomic E-state index is 12.4. The Morgan fingerprint density at radius 1 is 1.27 bits per heavy atom. The summed E-state index contributed by atoms with van der Waals surface area (Å²) in [5.74, 6) is 1.23. The molecule has 0 fully saturated rings. The van der Waals surface area contributed by atoms with Crippen LogP contribution in [0.4, 0.5) is 0 Å². The highest BCUT2D eigenvalue weighted by atomic mass is 32.2. The monoisotopic (exact) mass is 382 g/mol. The minimum Gasteiger partial charge on any atom is -0.309 e. The van der Waals surface area contributed by atoms with E-state index >= 15 is 0 Å². The van der Waals surface area contributed by atoms with Gasteiger partial charge in [0, 0.05) is 23.0 Å². The van der Waals surface area contributed by atoms with Crippen molar-refractivity contribution in [2.75, 3.05) is 0 Å². The molecule has 0 spiro atoms. The molecule has 7 heteroatoms. The topological polar surface area (TPSA) is 63.6 Å². The molecule has 0 radical (unpaired) electrons. The summed E-state index contributed by atoms with van der Waals surface area (Å²) < 4.78 is 2.05. The van der Waals surface area contributed by atoms with Gasteiger partial charge < -0.3 is 4.98 Å². The summed E-state index contributed by atoms with van der Waals surface area (Å²) in [6.45, 7) is 6.06. The summed E-state index contributed by atoms with van der Waals surface area (Å²) in [7, 11) is 0. The van der Waals surface area contributed by atoms with E-state index in [1.54, 1.807) is 29.3 Å². The molecule has 3 heterocycles. The lowest BCUT2D eigenvalue weighted by molar-refractivity contribution is 0.891. The zero-order chi connectivity index (χ0) is 18.3. The third-order valence-electron chi connectivity index (χ3n) is 4.31. The number of aryl methyl sites for hydroxylation is 3. The van der Waals surface area contributed by atoms with Crippen LogP contribution in [0, 0.1) is 20.8 Å². The van der Waals surface area contributed by atoms with Crippen molar-refractivity contribution in [1.82, 2.24) is 19.5 Å². The van der Waals surface area contributed by atoms with Gasteiger partial charge in [0.1, 0.15) is 10.7 Å². The highest BCUT2D eigenvalue weighted by Crippen LogP contribution is 2.27. The molecule has 0 saturated carbocycles. The fraction of sp³-hybridized carbons (Fsp3) is 0.211. The molecule has 4 aromatic rings. The fourth-order valence-corrected chi connectivity index (χ4v) is 4.76. The number of H-pyrrole nitrogens is 1. The quantitative estimate of drug-likeness (QED) is 0.532. The largest absolute Gasteiger partial charge is 0.309 e. The molecular weight excluding hydrogens is 364 g/mol. The van der Waals surface area contributed by atoms with Gasteiger partial charge in [0.15, 0.2) is 5.16 Å². The van der Waals surface area contributed by atoms with Gasteiger partial charge in [0.05, 0.1) is 11.1 Å². The van der Waals surface area contributed by atoms with Crippen LogP contribution in [0.25, 0.3) is 15.9 Å². The van der Waals surface area contributed by atoms with E-state index in [9.17, 15) is 4.79 Å². The molecule has 0 unspecified atom stereocenters. The van der Waals surface area contributed by atoms with E-state index in [4.69, 9.17) is 0 Å². The van der Waals surface area contributed by atoms with Crippen molar-refractivity contribution in [3.8, 4) is 5.69 Å². The van der Waals surface area contributed by atoms with Crippen LogP contribution in [-0.4, -0.2) is 19.5 Å². The van der Waals surface area contributed by atoms with Crippen LogP contribution in [0.15, 0.2) is 46.6 Å². The number of fused-ring (bicyclic) bond motifs is 1. The Hall–Kier alpha value is -2.38. The van der Waals surface area contributed by atoms with Crippen LogP contribution >= 0.6 is 23.1 Å². The van der Waals surface area contributed by atoms with Crippen LogP contribution in [0.3, 0.4) is 0 Å². The van der Waals surface area contributed by atoms with E-state index in [0.29, 0.717) is 17.0 Å². The van der Waals surface area contributed by atoms with E-state index in [0.717, 1.165) is 26.1 Å². The van der Waals surface area contributed by atoms with Gasteiger partial charge in [-0.1, -0.05) is 23.9 Å². The van der Waals surface area contributed by atoms with E-state index in [-0.39, 0.29) is 5.56 Å². The minimum absolute atomic E-state index is 0.0607. The fourth-order valence-electron chi connectivity index (χ4n) is 2.87. The summed E-state index contributed by atoms with van der Waals surface area (Å²) in [5.41, 5.74) is 3.24. The SMILES string of the molecule is Cc1cccc(-n2ccnc2SCc2nc3sc(C)c(C)c3c(=O)[nH]2)c1. The van der Waals surface area contributed by atoms with Gasteiger partial charge in [-0.05, 0) is 44.0 Å². The van der Waals surface area contributed by atoms with Crippen molar-refractivity contribution in [2.45, 2.75) is 31.7 Å². The molecule has 0 aliphatic carbocycles. The molecule has 0 atom stereocenters. The first-order valence-corrected chi connectivity index (χ1v) is 10.0. The normalized spacial score (nSPS) is 11.3. The Bertz CT molecular complexity index is 1160. The summed E-state index contributed by atoms with van der Waals surface area (Å²) in [5, 5.41) is 1.58. The molecule has 3 aromatic heterocycles. The minimum atomic E-state index is -0.0607. The molecule has 1 aromatic carbocycles. The number of aromatic amines is 1. The first kappa shape index (κ1) is 17.1. The number of nitrogens with one attached hydrogen (secondary N) is 1. The Morgan fingerprint density at radius 3 is 2.92 bits per heavy atom. The second kappa shape index (κ2) is 6.74. The lowest BCUT2D eigenvalue weighted by Crippen LogP contribution is -2.11. The van der Waals surface area contributed by atoms with Crippen LogP contribution in [0.1, 0.15) is 21.8 Å². The van der Waals surface area contributed by atoms with E-state index < -0.39 is 0 Å². The molecule has 1 N–H and O–H groups in total. The first-order valence-electron chi connectivity index (χ1n) is 8.25. The Kier molecular flexibility index (Phi) is 4.42. The molecular formula is C19H18N4OS2. The van der Waals surface area contributed by atoms with Crippen molar-refractivity contribution in [1.29, 1.82) is 0 Å². The molecule has 5 nitrogen and oxygen atoms in total. The Balaban J connectivity index is 1.62. The standard InChI is InChI=1S/C19H18N4OS2/c1-11-5-4-6-14(9-11)23-8-7-20-19(23)25-10-15-21-17(24)16-12(2)13(3)26-18(16)22-15/h4-9H,10H2,1-3H3,(H,21,22,24). The first-order chi connectivity index (χ1) is 12.5. The lowest BCUT2D eigenvalue weighted by atomic mass is 10.2. The highest BCUT2D eigenvalue weighted by Gasteiger charge is 2.13. The van der Waals surface area contributed by atoms with Gasteiger partial charge in [0.25, 0.3) is 5.56 Å². The predicted octanol–water partition coefficient (Wildman–Crippen LogP) is 4.39. The van der Waals surface area contributed by atoms with Gasteiger partial charge in [-0.3, -0.25) is 9.36 Å². The van der Waals surface area contributed by atoms with Crippen LogP contribution in [-0.2, 0) is 5.75 Å². The molecule has 132 valence electrons. The number of nitrogens with zero attached hydrogens (tertiary/aromatic N) is 3. The summed E-state index contributed by atoms with van der Waals surface area (Å²) in [6.07, 6.45) is 3.73. The number of thiophene rings is 1. The highest BCUT2D eigenvalue weighted by molar-refractivity contribution is 7.98. The van der Waals surface area contributed by atoms with Crippen molar-refractivity contribution in [3.05, 3.63) is 68.8 Å². The van der Waals surface area contributed by atoms with Crippen molar-refractivity contribution >= 4 is 33.3 Å². The van der Waals surface area contributed by atoms with Crippen LogP contribution in [0.5, 0.6) is 0 Å². The third kappa shape index (κ3) is 3.08. The number of hydrogen-bond acceptors (Lipinski definition) is 5. The summed E-state index contributed by atoms with van der Waals surface area (Å²) in [4.78, 5) is 26.4. The van der Waals surface area contributed by atoms with Crippen LogP contribution < -0.4 is 5.56 Å². The van der Waals surface area contributed by atoms with Gasteiger partial charge >= 0.3 is 0 Å². The van der Waals surface area contributed by atoms with E-state index in [1.165, 1.54) is 5.56 Å². The maximum Gasteiger partial charge on any atom is 0.259 e. The zero-order valence-electron chi connectivity index (χ0n) is 14.7.